The Morgan fingerprint density at radius 2 is 2.04 bits per heavy atom. The lowest BCUT2D eigenvalue weighted by atomic mass is 10.1. The third kappa shape index (κ3) is 4.08. The molecule has 0 aliphatic heterocycles. The number of hydrogen-bond donors (Lipinski definition) is 1. The van der Waals surface area contributed by atoms with Crippen LogP contribution in [-0.2, 0) is 4.79 Å². The Morgan fingerprint density at radius 3 is 2.63 bits per heavy atom. The summed E-state index contributed by atoms with van der Waals surface area (Å²) in [6.07, 6.45) is 1.29. The second-order valence-corrected chi connectivity index (χ2v) is 5.45. The lowest BCUT2D eigenvalue weighted by Gasteiger charge is -1.99. The summed E-state index contributed by atoms with van der Waals surface area (Å²) in [6, 6.07) is 12.4. The van der Waals surface area contributed by atoms with Crippen LogP contribution in [0.1, 0.15) is 11.5 Å². The Labute approximate surface area is 152 Å². The SMILES string of the molecule is Cc1cc(NC(=O)/C(C#N)=C\c2ccc(-c3ccc([N+](=O)[O-])cc3)o2)no1. The number of nitro groups is 1. The van der Waals surface area contributed by atoms with Crippen molar-refractivity contribution < 1.29 is 18.7 Å². The summed E-state index contributed by atoms with van der Waals surface area (Å²) in [5, 5.41) is 26.0. The van der Waals surface area contributed by atoms with Gasteiger partial charge in [-0.2, -0.15) is 5.26 Å². The molecule has 1 amide bonds. The van der Waals surface area contributed by atoms with Crippen molar-refractivity contribution in [1.29, 1.82) is 5.26 Å². The molecule has 9 heteroatoms. The van der Waals surface area contributed by atoms with Gasteiger partial charge in [0.25, 0.3) is 11.6 Å². The molecule has 27 heavy (non-hydrogen) atoms. The predicted octanol–water partition coefficient (Wildman–Crippen LogP) is 3.70. The minimum absolute atomic E-state index is 0.0306. The van der Waals surface area contributed by atoms with Crippen LogP contribution in [-0.4, -0.2) is 16.0 Å². The van der Waals surface area contributed by atoms with Gasteiger partial charge in [-0.25, -0.2) is 0 Å². The molecular formula is C18H12N4O5. The van der Waals surface area contributed by atoms with E-state index in [2.05, 4.69) is 10.5 Å². The molecule has 0 unspecified atom stereocenters. The van der Waals surface area contributed by atoms with Gasteiger partial charge in [-0.1, -0.05) is 5.16 Å². The van der Waals surface area contributed by atoms with Crippen LogP contribution in [0.2, 0.25) is 0 Å². The lowest BCUT2D eigenvalue weighted by Crippen LogP contribution is -2.13. The molecular weight excluding hydrogens is 352 g/mol. The van der Waals surface area contributed by atoms with Crippen molar-refractivity contribution in [2.24, 2.45) is 0 Å². The Kier molecular flexibility index (Phi) is 4.81. The maximum absolute atomic E-state index is 12.1. The van der Waals surface area contributed by atoms with E-state index in [-0.39, 0.29) is 22.8 Å². The number of aryl methyl sites for hydroxylation is 1. The average Bonchev–Trinajstić information content (AvgIpc) is 3.28. The molecule has 3 rings (SSSR count). The number of nitrogens with one attached hydrogen (secondary N) is 1. The van der Waals surface area contributed by atoms with Gasteiger partial charge >= 0.3 is 0 Å². The highest BCUT2D eigenvalue weighted by Gasteiger charge is 2.13. The number of nitro benzene ring substituents is 1. The predicted molar refractivity (Wildman–Crippen MR) is 94.3 cm³/mol. The molecule has 0 atom stereocenters. The monoisotopic (exact) mass is 364 g/mol. The van der Waals surface area contributed by atoms with E-state index in [1.165, 1.54) is 24.3 Å². The van der Waals surface area contributed by atoms with Gasteiger partial charge in [0.15, 0.2) is 5.82 Å². The van der Waals surface area contributed by atoms with Crippen molar-refractivity contribution in [2.75, 3.05) is 5.32 Å². The van der Waals surface area contributed by atoms with Crippen molar-refractivity contribution in [3.8, 4) is 17.4 Å². The number of hydrogen-bond acceptors (Lipinski definition) is 7. The fourth-order valence-corrected chi connectivity index (χ4v) is 2.23. The number of furan rings is 1. The van der Waals surface area contributed by atoms with E-state index in [1.807, 2.05) is 0 Å². The number of carbonyl (C=O) groups excluding carboxylic acids is 1. The molecule has 2 aromatic heterocycles. The van der Waals surface area contributed by atoms with Crippen LogP contribution < -0.4 is 5.32 Å². The molecule has 0 aliphatic carbocycles. The van der Waals surface area contributed by atoms with Crippen molar-refractivity contribution in [3.63, 3.8) is 0 Å². The summed E-state index contributed by atoms with van der Waals surface area (Å²) in [4.78, 5) is 22.4. The third-order valence-electron chi connectivity index (χ3n) is 3.51. The molecule has 1 aromatic carbocycles. The Bertz CT molecular complexity index is 1070. The first-order chi connectivity index (χ1) is 13.0. The smallest absolute Gasteiger partial charge is 0.269 e. The van der Waals surface area contributed by atoms with E-state index in [0.29, 0.717) is 17.1 Å². The van der Waals surface area contributed by atoms with Gasteiger partial charge in [-0.05, 0) is 31.2 Å². The Hall–Kier alpha value is -4.19. The molecule has 0 saturated heterocycles. The number of benzene rings is 1. The molecule has 0 bridgehead atoms. The maximum Gasteiger partial charge on any atom is 0.269 e. The fourth-order valence-electron chi connectivity index (χ4n) is 2.23. The van der Waals surface area contributed by atoms with Crippen LogP contribution in [0.5, 0.6) is 0 Å². The zero-order valence-electron chi connectivity index (χ0n) is 14.0. The fraction of sp³-hybridized carbons (Fsp3) is 0.0556. The number of anilines is 1. The molecule has 0 aliphatic rings. The minimum atomic E-state index is -0.654. The third-order valence-corrected chi connectivity index (χ3v) is 3.51. The molecule has 134 valence electrons. The van der Waals surface area contributed by atoms with Gasteiger partial charge in [-0.3, -0.25) is 14.9 Å². The van der Waals surface area contributed by atoms with Gasteiger partial charge < -0.3 is 14.3 Å². The number of aromatic nitrogens is 1. The zero-order valence-corrected chi connectivity index (χ0v) is 14.0. The van der Waals surface area contributed by atoms with E-state index in [4.69, 9.17) is 8.94 Å². The standard InChI is InChI=1S/C18H12N4O5/c1-11-8-17(21-27-11)20-18(23)13(10-19)9-15-6-7-16(26-15)12-2-4-14(5-3-12)22(24)25/h2-9H,1H3,(H,20,21,23)/b13-9-. The van der Waals surface area contributed by atoms with E-state index in [9.17, 15) is 20.2 Å². The number of nitrogens with zero attached hydrogens (tertiary/aromatic N) is 3. The average molecular weight is 364 g/mol. The van der Waals surface area contributed by atoms with Crippen LogP contribution in [0.15, 0.2) is 57.0 Å². The first-order valence-electron chi connectivity index (χ1n) is 7.67. The molecule has 9 nitrogen and oxygen atoms in total. The topological polar surface area (TPSA) is 135 Å². The molecule has 3 aromatic rings. The number of nitriles is 1. The summed E-state index contributed by atoms with van der Waals surface area (Å²) in [5.74, 6) is 0.794. The van der Waals surface area contributed by atoms with Gasteiger partial charge in [0.2, 0.25) is 0 Å². The highest BCUT2D eigenvalue weighted by molar-refractivity contribution is 6.09. The highest BCUT2D eigenvalue weighted by atomic mass is 16.6. The second-order valence-electron chi connectivity index (χ2n) is 5.45. The summed E-state index contributed by atoms with van der Waals surface area (Å²) < 4.78 is 10.4. The Balaban J connectivity index is 1.78. The van der Waals surface area contributed by atoms with Gasteiger partial charge in [-0.15, -0.1) is 0 Å². The molecule has 0 fully saturated rings. The minimum Gasteiger partial charge on any atom is -0.457 e. The summed E-state index contributed by atoms with van der Waals surface area (Å²) >= 11 is 0. The van der Waals surface area contributed by atoms with Crippen molar-refractivity contribution in [1.82, 2.24) is 5.16 Å². The van der Waals surface area contributed by atoms with Crippen molar-refractivity contribution in [3.05, 3.63) is 69.7 Å². The van der Waals surface area contributed by atoms with Gasteiger partial charge in [0.05, 0.1) is 4.92 Å². The summed E-state index contributed by atoms with van der Waals surface area (Å²) in [6.45, 7) is 1.67. The molecule has 2 heterocycles. The van der Waals surface area contributed by atoms with Crippen molar-refractivity contribution >= 4 is 23.5 Å². The van der Waals surface area contributed by atoms with Crippen LogP contribution >= 0.6 is 0 Å². The molecule has 0 saturated carbocycles. The number of carbonyl (C=O) groups is 1. The van der Waals surface area contributed by atoms with E-state index >= 15 is 0 Å². The molecule has 1 N–H and O–H groups in total. The van der Waals surface area contributed by atoms with Crippen molar-refractivity contribution in [2.45, 2.75) is 6.92 Å². The van der Waals surface area contributed by atoms with Crippen LogP contribution in [0.25, 0.3) is 17.4 Å². The molecule has 0 spiro atoms. The lowest BCUT2D eigenvalue weighted by molar-refractivity contribution is -0.384. The zero-order chi connectivity index (χ0) is 19.4. The first-order valence-corrected chi connectivity index (χ1v) is 7.67. The van der Waals surface area contributed by atoms with Crippen LogP contribution in [0, 0.1) is 28.4 Å². The molecule has 0 radical (unpaired) electrons. The number of non-ortho nitro benzene ring substituents is 1. The normalized spacial score (nSPS) is 11.0. The summed E-state index contributed by atoms with van der Waals surface area (Å²) in [7, 11) is 0. The maximum atomic E-state index is 12.1. The van der Waals surface area contributed by atoms with E-state index < -0.39 is 10.8 Å². The van der Waals surface area contributed by atoms with Crippen LogP contribution in [0.4, 0.5) is 11.5 Å². The summed E-state index contributed by atoms with van der Waals surface area (Å²) in [5.41, 5.74) is 0.415. The highest BCUT2D eigenvalue weighted by Crippen LogP contribution is 2.25. The number of rotatable bonds is 5. The van der Waals surface area contributed by atoms with Gasteiger partial charge in [0, 0.05) is 29.8 Å². The second kappa shape index (κ2) is 7.37. The van der Waals surface area contributed by atoms with E-state index in [1.54, 1.807) is 37.3 Å². The quantitative estimate of drug-likeness (QED) is 0.315. The first kappa shape index (κ1) is 17.6. The Morgan fingerprint density at radius 1 is 1.30 bits per heavy atom. The van der Waals surface area contributed by atoms with Crippen LogP contribution in [0.3, 0.4) is 0 Å². The largest absolute Gasteiger partial charge is 0.457 e. The number of amides is 1. The van der Waals surface area contributed by atoms with E-state index in [0.717, 1.165) is 0 Å². The van der Waals surface area contributed by atoms with Gasteiger partial charge in [0.1, 0.15) is 28.9 Å².